The molecule has 0 spiro atoms. The third kappa shape index (κ3) is 5.25. The van der Waals surface area contributed by atoms with Crippen molar-refractivity contribution in [2.45, 2.75) is 19.5 Å². The third-order valence-corrected chi connectivity index (χ3v) is 5.22. The second-order valence-corrected chi connectivity index (χ2v) is 7.49. The lowest BCUT2D eigenvalue weighted by atomic mass is 10.0. The van der Waals surface area contributed by atoms with Crippen molar-refractivity contribution < 1.29 is 17.6 Å². The van der Waals surface area contributed by atoms with Crippen molar-refractivity contribution in [1.82, 2.24) is 0 Å². The molecule has 4 aromatic rings. The molecule has 0 amide bonds. The number of hydrogen-bond acceptors (Lipinski definition) is 0. The van der Waals surface area contributed by atoms with Crippen LogP contribution < -0.4 is 0 Å². The maximum Gasteiger partial charge on any atom is 0.416 e. The SMILES string of the molecule is CCc1ccc(C#Cc2ccc3c(F)c(C#Cc4ccc(C(F)(F)F)cc4)ccc3c2)cc1. The molecule has 33 heavy (non-hydrogen) atoms. The van der Waals surface area contributed by atoms with Gasteiger partial charge in [-0.25, -0.2) is 4.39 Å². The molecule has 162 valence electrons. The maximum atomic E-state index is 15.0. The molecular weight excluding hydrogens is 424 g/mol. The predicted octanol–water partition coefficient (Wildman–Crippen LogP) is 7.36. The Hall–Kier alpha value is -4.02. The molecule has 0 atom stereocenters. The molecule has 4 rings (SSSR count). The molecule has 0 saturated carbocycles. The zero-order valence-electron chi connectivity index (χ0n) is 17.7. The van der Waals surface area contributed by atoms with Crippen molar-refractivity contribution >= 4 is 10.8 Å². The van der Waals surface area contributed by atoms with Gasteiger partial charge >= 0.3 is 6.18 Å². The summed E-state index contributed by atoms with van der Waals surface area (Å²) >= 11 is 0. The Morgan fingerprint density at radius 3 is 1.88 bits per heavy atom. The van der Waals surface area contributed by atoms with Crippen LogP contribution in [0.1, 0.15) is 40.3 Å². The average molecular weight is 442 g/mol. The molecule has 4 aromatic carbocycles. The number of alkyl halides is 3. The van der Waals surface area contributed by atoms with Crippen molar-refractivity contribution in [1.29, 1.82) is 0 Å². The standard InChI is InChI=1S/C29H18F4/c1-2-20-3-5-21(6-4-20)7-8-23-12-18-27-25(19-23)15-14-24(28(27)30)13-9-22-10-16-26(17-11-22)29(31,32)33/h3-6,10-12,14-19H,2H2,1H3. The second kappa shape index (κ2) is 9.23. The van der Waals surface area contributed by atoms with Gasteiger partial charge in [-0.15, -0.1) is 0 Å². The van der Waals surface area contributed by atoms with Gasteiger partial charge in [0.1, 0.15) is 5.82 Å². The molecule has 0 unspecified atom stereocenters. The molecule has 0 nitrogen and oxygen atoms in total. The van der Waals surface area contributed by atoms with Crippen LogP contribution in [0, 0.1) is 29.5 Å². The number of aryl methyl sites for hydroxylation is 1. The highest BCUT2D eigenvalue weighted by Gasteiger charge is 2.29. The van der Waals surface area contributed by atoms with Gasteiger partial charge in [0, 0.05) is 22.1 Å². The largest absolute Gasteiger partial charge is 0.416 e. The van der Waals surface area contributed by atoms with Crippen molar-refractivity contribution in [3.05, 3.63) is 118 Å². The van der Waals surface area contributed by atoms with Gasteiger partial charge in [0.15, 0.2) is 0 Å². The monoisotopic (exact) mass is 442 g/mol. The fourth-order valence-electron chi connectivity index (χ4n) is 3.32. The summed E-state index contributed by atoms with van der Waals surface area (Å²) in [5.41, 5.74) is 2.73. The summed E-state index contributed by atoms with van der Waals surface area (Å²) in [6.45, 7) is 2.10. The van der Waals surface area contributed by atoms with Crippen molar-refractivity contribution in [3.63, 3.8) is 0 Å². The lowest BCUT2D eigenvalue weighted by molar-refractivity contribution is -0.137. The summed E-state index contributed by atoms with van der Waals surface area (Å²) in [7, 11) is 0. The fourth-order valence-corrected chi connectivity index (χ4v) is 3.32. The van der Waals surface area contributed by atoms with E-state index >= 15 is 0 Å². The van der Waals surface area contributed by atoms with Crippen LogP contribution in [-0.4, -0.2) is 0 Å². The number of halogens is 4. The first-order valence-corrected chi connectivity index (χ1v) is 10.4. The van der Waals surface area contributed by atoms with Gasteiger partial charge in [0.25, 0.3) is 0 Å². The highest BCUT2D eigenvalue weighted by molar-refractivity contribution is 5.86. The lowest BCUT2D eigenvalue weighted by Gasteiger charge is -2.05. The minimum Gasteiger partial charge on any atom is -0.205 e. The van der Waals surface area contributed by atoms with Gasteiger partial charge in [-0.05, 0) is 72.0 Å². The summed E-state index contributed by atoms with van der Waals surface area (Å²) in [6.07, 6.45) is -3.43. The van der Waals surface area contributed by atoms with Gasteiger partial charge < -0.3 is 0 Å². The Morgan fingerprint density at radius 2 is 1.24 bits per heavy atom. The van der Waals surface area contributed by atoms with Crippen LogP contribution in [0.15, 0.2) is 78.9 Å². The van der Waals surface area contributed by atoms with Gasteiger partial charge in [-0.2, -0.15) is 13.2 Å². The summed E-state index contributed by atoms with van der Waals surface area (Å²) in [4.78, 5) is 0. The van der Waals surface area contributed by atoms with Gasteiger partial charge in [-0.3, -0.25) is 0 Å². The van der Waals surface area contributed by atoms with Crippen LogP contribution in [0.3, 0.4) is 0 Å². The van der Waals surface area contributed by atoms with E-state index in [9.17, 15) is 17.6 Å². The predicted molar refractivity (Wildman–Crippen MR) is 123 cm³/mol. The minimum atomic E-state index is -4.40. The number of benzene rings is 4. The molecule has 0 aliphatic carbocycles. The molecule has 0 aliphatic rings. The van der Waals surface area contributed by atoms with E-state index in [0.717, 1.165) is 29.7 Å². The number of rotatable bonds is 1. The number of hydrogen-bond donors (Lipinski definition) is 0. The van der Waals surface area contributed by atoms with Gasteiger partial charge in [0.2, 0.25) is 0 Å². The van der Waals surface area contributed by atoms with E-state index in [-0.39, 0.29) is 5.56 Å². The fraction of sp³-hybridized carbons (Fsp3) is 0.103. The summed E-state index contributed by atoms with van der Waals surface area (Å²) in [5, 5.41) is 1.10. The van der Waals surface area contributed by atoms with Gasteiger partial charge in [0.05, 0.1) is 11.1 Å². The first-order chi connectivity index (χ1) is 15.8. The van der Waals surface area contributed by atoms with Gasteiger partial charge in [-0.1, -0.05) is 54.9 Å². The maximum absolute atomic E-state index is 15.0. The normalized spacial score (nSPS) is 10.8. The van der Waals surface area contributed by atoms with E-state index in [1.54, 1.807) is 24.3 Å². The molecule has 0 fully saturated rings. The Bertz CT molecular complexity index is 1420. The van der Waals surface area contributed by atoms with Crippen LogP contribution in [-0.2, 0) is 12.6 Å². The first kappa shape index (κ1) is 22.2. The minimum absolute atomic E-state index is 0.178. The van der Waals surface area contributed by atoms with Crippen LogP contribution >= 0.6 is 0 Å². The van der Waals surface area contributed by atoms with E-state index < -0.39 is 17.6 Å². The highest BCUT2D eigenvalue weighted by Crippen LogP contribution is 2.29. The van der Waals surface area contributed by atoms with E-state index in [1.807, 2.05) is 30.3 Å². The molecule has 0 bridgehead atoms. The summed E-state index contributed by atoms with van der Waals surface area (Å²) in [6, 6.07) is 21.1. The Balaban J connectivity index is 1.58. The van der Waals surface area contributed by atoms with Crippen LogP contribution in [0.4, 0.5) is 17.6 Å². The Labute approximate surface area is 189 Å². The Morgan fingerprint density at radius 1 is 0.667 bits per heavy atom. The molecule has 0 aliphatic heterocycles. The molecule has 0 heterocycles. The Kier molecular flexibility index (Phi) is 6.20. The van der Waals surface area contributed by atoms with Crippen LogP contribution in [0.5, 0.6) is 0 Å². The average Bonchev–Trinajstić information content (AvgIpc) is 2.82. The zero-order valence-corrected chi connectivity index (χ0v) is 17.7. The van der Waals surface area contributed by atoms with E-state index in [4.69, 9.17) is 0 Å². The van der Waals surface area contributed by atoms with Crippen molar-refractivity contribution in [3.8, 4) is 23.7 Å². The summed E-state index contributed by atoms with van der Waals surface area (Å²) in [5.74, 6) is 11.2. The van der Waals surface area contributed by atoms with Crippen molar-refractivity contribution in [2.24, 2.45) is 0 Å². The quantitative estimate of drug-likeness (QED) is 0.213. The zero-order chi connectivity index (χ0) is 23.4. The van der Waals surface area contributed by atoms with E-state index in [1.165, 1.54) is 17.7 Å². The topological polar surface area (TPSA) is 0 Å². The van der Waals surface area contributed by atoms with E-state index in [2.05, 4.69) is 30.6 Å². The van der Waals surface area contributed by atoms with E-state index in [0.29, 0.717) is 16.3 Å². The molecule has 0 N–H and O–H groups in total. The molecule has 0 aromatic heterocycles. The lowest BCUT2D eigenvalue weighted by Crippen LogP contribution is -2.04. The highest BCUT2D eigenvalue weighted by atomic mass is 19.4. The molecule has 0 radical (unpaired) electrons. The van der Waals surface area contributed by atoms with Crippen LogP contribution in [0.2, 0.25) is 0 Å². The second-order valence-electron chi connectivity index (χ2n) is 7.49. The smallest absolute Gasteiger partial charge is 0.205 e. The summed E-state index contributed by atoms with van der Waals surface area (Å²) < 4.78 is 53.0. The first-order valence-electron chi connectivity index (χ1n) is 10.4. The molecular formula is C29H18F4. The molecule has 0 saturated heterocycles. The van der Waals surface area contributed by atoms with Crippen molar-refractivity contribution in [2.75, 3.05) is 0 Å². The van der Waals surface area contributed by atoms with Crippen LogP contribution in [0.25, 0.3) is 10.8 Å². The molecule has 4 heteroatoms. The number of fused-ring (bicyclic) bond motifs is 1. The third-order valence-electron chi connectivity index (χ3n) is 5.22.